The SMILES string of the molecule is O=C(CCBr)N(Cc1ccco1)Cc1cccs1. The van der Waals surface area contributed by atoms with E-state index in [4.69, 9.17) is 4.42 Å². The Balaban J connectivity index is 2.04. The quantitative estimate of drug-likeness (QED) is 0.759. The highest BCUT2D eigenvalue weighted by atomic mass is 79.9. The van der Waals surface area contributed by atoms with Crippen LogP contribution in [0.15, 0.2) is 40.3 Å². The first-order chi connectivity index (χ1) is 8.79. The molecule has 0 saturated heterocycles. The molecule has 0 aliphatic carbocycles. The van der Waals surface area contributed by atoms with E-state index in [1.165, 1.54) is 4.88 Å². The van der Waals surface area contributed by atoms with Crippen molar-refractivity contribution in [3.8, 4) is 0 Å². The summed E-state index contributed by atoms with van der Waals surface area (Å²) in [6.45, 7) is 1.17. The van der Waals surface area contributed by atoms with Crippen molar-refractivity contribution in [1.29, 1.82) is 0 Å². The second-order valence-electron chi connectivity index (χ2n) is 3.85. The summed E-state index contributed by atoms with van der Waals surface area (Å²) in [5.41, 5.74) is 0. The van der Waals surface area contributed by atoms with Gasteiger partial charge in [-0.05, 0) is 23.6 Å². The molecule has 0 unspecified atom stereocenters. The fourth-order valence-corrected chi connectivity index (χ4v) is 2.71. The van der Waals surface area contributed by atoms with Gasteiger partial charge in [0.2, 0.25) is 5.91 Å². The number of rotatable bonds is 6. The van der Waals surface area contributed by atoms with Crippen molar-refractivity contribution in [2.24, 2.45) is 0 Å². The van der Waals surface area contributed by atoms with Crippen LogP contribution in [-0.2, 0) is 17.9 Å². The van der Waals surface area contributed by atoms with Gasteiger partial charge in [0.25, 0.3) is 0 Å². The summed E-state index contributed by atoms with van der Waals surface area (Å²) in [6, 6.07) is 7.78. The van der Waals surface area contributed by atoms with Crippen LogP contribution in [0.25, 0.3) is 0 Å². The molecule has 0 aliphatic heterocycles. The van der Waals surface area contributed by atoms with Gasteiger partial charge in [0.05, 0.1) is 19.4 Å². The molecule has 0 aliphatic rings. The molecule has 5 heteroatoms. The minimum atomic E-state index is 0.136. The molecule has 0 saturated carbocycles. The van der Waals surface area contributed by atoms with Gasteiger partial charge in [0.1, 0.15) is 5.76 Å². The fourth-order valence-electron chi connectivity index (χ4n) is 1.65. The maximum absolute atomic E-state index is 12.1. The molecule has 2 aromatic heterocycles. The predicted octanol–water partition coefficient (Wildman–Crippen LogP) is 3.65. The van der Waals surface area contributed by atoms with Gasteiger partial charge in [-0.15, -0.1) is 11.3 Å². The lowest BCUT2D eigenvalue weighted by molar-refractivity contribution is -0.132. The molecule has 3 nitrogen and oxygen atoms in total. The van der Waals surface area contributed by atoms with E-state index >= 15 is 0 Å². The Morgan fingerprint density at radius 1 is 1.33 bits per heavy atom. The predicted molar refractivity (Wildman–Crippen MR) is 75.7 cm³/mol. The molecule has 0 radical (unpaired) electrons. The topological polar surface area (TPSA) is 33.5 Å². The molecule has 0 atom stereocenters. The monoisotopic (exact) mass is 327 g/mol. The molecule has 1 amide bonds. The number of furan rings is 1. The number of halogens is 1. The smallest absolute Gasteiger partial charge is 0.224 e. The Labute approximate surface area is 119 Å². The summed E-state index contributed by atoms with van der Waals surface area (Å²) in [5.74, 6) is 0.950. The van der Waals surface area contributed by atoms with Gasteiger partial charge in [-0.25, -0.2) is 0 Å². The first kappa shape index (κ1) is 13.4. The molecule has 0 spiro atoms. The van der Waals surface area contributed by atoms with Crippen molar-refractivity contribution >= 4 is 33.2 Å². The van der Waals surface area contributed by atoms with Crippen LogP contribution in [0.1, 0.15) is 17.1 Å². The summed E-state index contributed by atoms with van der Waals surface area (Å²) in [7, 11) is 0. The number of amides is 1. The van der Waals surface area contributed by atoms with Crippen LogP contribution in [0.3, 0.4) is 0 Å². The van der Waals surface area contributed by atoms with Crippen LogP contribution in [0.5, 0.6) is 0 Å². The molecule has 0 aromatic carbocycles. The number of alkyl halides is 1. The Kier molecular flexibility index (Phi) is 5.01. The summed E-state index contributed by atoms with van der Waals surface area (Å²) < 4.78 is 5.31. The molecule has 0 fully saturated rings. The van der Waals surface area contributed by atoms with E-state index in [1.807, 2.05) is 34.5 Å². The van der Waals surface area contributed by atoms with Crippen molar-refractivity contribution in [2.75, 3.05) is 5.33 Å². The number of nitrogens with zero attached hydrogens (tertiary/aromatic N) is 1. The number of hydrogen-bond donors (Lipinski definition) is 0. The van der Waals surface area contributed by atoms with Gasteiger partial charge in [0, 0.05) is 16.6 Å². The van der Waals surface area contributed by atoms with E-state index in [0.717, 1.165) is 5.76 Å². The largest absolute Gasteiger partial charge is 0.467 e. The number of carbonyl (C=O) groups excluding carboxylic acids is 1. The van der Waals surface area contributed by atoms with E-state index in [-0.39, 0.29) is 5.91 Å². The standard InChI is InChI=1S/C13H14BrNO2S/c14-6-5-13(16)15(9-11-3-1-7-17-11)10-12-4-2-8-18-12/h1-4,7-8H,5-6,9-10H2. The van der Waals surface area contributed by atoms with E-state index in [9.17, 15) is 4.79 Å². The molecule has 2 heterocycles. The first-order valence-electron chi connectivity index (χ1n) is 5.68. The van der Waals surface area contributed by atoms with Crippen molar-refractivity contribution < 1.29 is 9.21 Å². The van der Waals surface area contributed by atoms with E-state index in [0.29, 0.717) is 24.8 Å². The third-order valence-corrected chi connectivity index (χ3v) is 3.77. The van der Waals surface area contributed by atoms with Crippen molar-refractivity contribution in [1.82, 2.24) is 4.90 Å². The lowest BCUT2D eigenvalue weighted by Gasteiger charge is -2.20. The number of hydrogen-bond acceptors (Lipinski definition) is 3. The molecule has 2 aromatic rings. The van der Waals surface area contributed by atoms with E-state index < -0.39 is 0 Å². The highest BCUT2D eigenvalue weighted by molar-refractivity contribution is 9.09. The second kappa shape index (κ2) is 6.75. The van der Waals surface area contributed by atoms with Crippen LogP contribution in [0, 0.1) is 0 Å². The van der Waals surface area contributed by atoms with E-state index in [2.05, 4.69) is 15.9 Å². The maximum Gasteiger partial charge on any atom is 0.224 e. The number of thiophene rings is 1. The maximum atomic E-state index is 12.1. The van der Waals surface area contributed by atoms with Crippen LogP contribution in [0.4, 0.5) is 0 Å². The third kappa shape index (κ3) is 3.71. The summed E-state index contributed by atoms with van der Waals surface area (Å²) in [6.07, 6.45) is 2.14. The van der Waals surface area contributed by atoms with Gasteiger partial charge in [0.15, 0.2) is 0 Å². The summed E-state index contributed by atoms with van der Waals surface area (Å²) >= 11 is 4.97. The number of carbonyl (C=O) groups is 1. The lowest BCUT2D eigenvalue weighted by Crippen LogP contribution is -2.29. The van der Waals surface area contributed by atoms with Gasteiger partial charge in [-0.2, -0.15) is 0 Å². The van der Waals surface area contributed by atoms with Gasteiger partial charge < -0.3 is 9.32 Å². The van der Waals surface area contributed by atoms with Crippen molar-refractivity contribution in [2.45, 2.75) is 19.5 Å². The molecular weight excluding hydrogens is 314 g/mol. The average Bonchev–Trinajstić information content (AvgIpc) is 3.01. The summed E-state index contributed by atoms with van der Waals surface area (Å²) in [5, 5.41) is 2.71. The molecule has 0 bridgehead atoms. The third-order valence-electron chi connectivity index (χ3n) is 2.51. The van der Waals surface area contributed by atoms with Gasteiger partial charge in [-0.3, -0.25) is 4.79 Å². The molecule has 0 N–H and O–H groups in total. The minimum Gasteiger partial charge on any atom is -0.467 e. The highest BCUT2D eigenvalue weighted by Gasteiger charge is 2.15. The van der Waals surface area contributed by atoms with Gasteiger partial charge in [-0.1, -0.05) is 22.0 Å². The van der Waals surface area contributed by atoms with Crippen LogP contribution in [-0.4, -0.2) is 16.1 Å². The fraction of sp³-hybridized carbons (Fsp3) is 0.308. The zero-order chi connectivity index (χ0) is 12.8. The first-order valence-corrected chi connectivity index (χ1v) is 7.68. The molecule has 2 rings (SSSR count). The highest BCUT2D eigenvalue weighted by Crippen LogP contribution is 2.16. The normalized spacial score (nSPS) is 10.5. The van der Waals surface area contributed by atoms with Crippen LogP contribution >= 0.6 is 27.3 Å². The lowest BCUT2D eigenvalue weighted by atomic mass is 10.3. The molecule has 18 heavy (non-hydrogen) atoms. The van der Waals surface area contributed by atoms with Crippen LogP contribution in [0.2, 0.25) is 0 Å². The summed E-state index contributed by atoms with van der Waals surface area (Å²) in [4.78, 5) is 15.1. The van der Waals surface area contributed by atoms with Crippen molar-refractivity contribution in [3.63, 3.8) is 0 Å². The van der Waals surface area contributed by atoms with Gasteiger partial charge >= 0.3 is 0 Å². The zero-order valence-electron chi connectivity index (χ0n) is 9.84. The molecule has 96 valence electrons. The minimum absolute atomic E-state index is 0.136. The van der Waals surface area contributed by atoms with Crippen LogP contribution < -0.4 is 0 Å². The Hall–Kier alpha value is -1.07. The molecular formula is C13H14BrNO2S. The van der Waals surface area contributed by atoms with E-state index in [1.54, 1.807) is 17.6 Å². The Morgan fingerprint density at radius 2 is 2.22 bits per heavy atom. The Morgan fingerprint density at radius 3 is 2.83 bits per heavy atom. The Bertz CT molecular complexity index is 431. The second-order valence-corrected chi connectivity index (χ2v) is 5.67. The average molecular weight is 328 g/mol. The zero-order valence-corrected chi connectivity index (χ0v) is 12.2. The van der Waals surface area contributed by atoms with Crippen molar-refractivity contribution in [3.05, 3.63) is 46.5 Å².